The Labute approximate surface area is 88.1 Å². The van der Waals surface area contributed by atoms with E-state index in [1.54, 1.807) is 14.1 Å². The molecule has 1 rings (SSSR count). The molecule has 0 atom stereocenters. The molecule has 0 fully saturated rings. The first-order valence-corrected chi connectivity index (χ1v) is 2.81. The fraction of sp³-hybridized carbons (Fsp3) is 0.250. The maximum atomic E-state index is 3.50. The SMILES string of the molecule is C[N-]C.[Y].[c-]1ccccc1. The monoisotopic (exact) mass is 210 g/mol. The van der Waals surface area contributed by atoms with Crippen LogP contribution in [-0.4, -0.2) is 14.1 Å². The fourth-order valence-corrected chi connectivity index (χ4v) is 0.342. The van der Waals surface area contributed by atoms with E-state index in [4.69, 9.17) is 0 Å². The van der Waals surface area contributed by atoms with Gasteiger partial charge >= 0.3 is 0 Å². The third-order valence-corrected chi connectivity index (χ3v) is 0.607. The van der Waals surface area contributed by atoms with Gasteiger partial charge in [0, 0.05) is 32.7 Å². The summed E-state index contributed by atoms with van der Waals surface area (Å²) >= 11 is 0. The van der Waals surface area contributed by atoms with Crippen LogP contribution in [0.4, 0.5) is 0 Å². The van der Waals surface area contributed by atoms with Crippen LogP contribution in [0.1, 0.15) is 0 Å². The van der Waals surface area contributed by atoms with Gasteiger partial charge < -0.3 is 5.32 Å². The summed E-state index contributed by atoms with van der Waals surface area (Å²) in [5, 5.41) is 3.50. The molecule has 0 unspecified atom stereocenters. The van der Waals surface area contributed by atoms with E-state index in [9.17, 15) is 0 Å². The van der Waals surface area contributed by atoms with Crippen molar-refractivity contribution >= 4 is 0 Å². The van der Waals surface area contributed by atoms with E-state index in [1.165, 1.54) is 0 Å². The average Bonchev–Trinajstić information content (AvgIpc) is 1.93. The minimum Gasteiger partial charge on any atom is -0.668 e. The maximum Gasteiger partial charge on any atom is 0 e. The first kappa shape index (κ1) is 12.9. The van der Waals surface area contributed by atoms with Gasteiger partial charge in [-0.1, -0.05) is 0 Å². The van der Waals surface area contributed by atoms with Crippen LogP contribution in [0.3, 0.4) is 0 Å². The molecule has 0 amide bonds. The van der Waals surface area contributed by atoms with Crippen molar-refractivity contribution < 1.29 is 32.7 Å². The number of hydrogen-bond donors (Lipinski definition) is 0. The first-order chi connectivity index (χ1) is 4.41. The molecule has 1 radical (unpaired) electrons. The van der Waals surface area contributed by atoms with Gasteiger partial charge in [0.15, 0.2) is 0 Å². The van der Waals surface area contributed by atoms with Crippen molar-refractivity contribution in [1.82, 2.24) is 0 Å². The summed E-state index contributed by atoms with van der Waals surface area (Å²) in [6.45, 7) is 0. The second kappa shape index (κ2) is 12.0. The zero-order valence-corrected chi connectivity index (χ0v) is 9.25. The fourth-order valence-electron chi connectivity index (χ4n) is 0.342. The Morgan fingerprint density at radius 1 is 1.00 bits per heavy atom. The summed E-state index contributed by atoms with van der Waals surface area (Å²) in [5.74, 6) is 0. The van der Waals surface area contributed by atoms with Gasteiger partial charge in [0.2, 0.25) is 0 Å². The summed E-state index contributed by atoms with van der Waals surface area (Å²) in [6, 6.07) is 12.5. The molecule has 0 N–H and O–H groups in total. The molecule has 0 saturated heterocycles. The van der Waals surface area contributed by atoms with Crippen LogP contribution in [0.15, 0.2) is 30.3 Å². The maximum absolute atomic E-state index is 3.50. The number of hydrogen-bond acceptors (Lipinski definition) is 0. The molecule has 0 bridgehead atoms. The second-order valence-corrected chi connectivity index (χ2v) is 1.52. The van der Waals surface area contributed by atoms with Crippen molar-refractivity contribution in [2.45, 2.75) is 0 Å². The quantitative estimate of drug-likeness (QED) is 0.582. The van der Waals surface area contributed by atoms with Gasteiger partial charge in [0.1, 0.15) is 0 Å². The molecule has 1 aromatic carbocycles. The third-order valence-electron chi connectivity index (χ3n) is 0.607. The molecular formula is C8H11NY-2. The Morgan fingerprint density at radius 3 is 1.50 bits per heavy atom. The molecule has 0 aliphatic heterocycles. The Kier molecular flexibility index (Phi) is 15.5. The molecule has 53 valence electrons. The molecule has 0 aromatic heterocycles. The number of nitrogens with zero attached hydrogens (tertiary/aromatic N) is 1. The van der Waals surface area contributed by atoms with E-state index < -0.39 is 0 Å². The molecule has 0 aliphatic carbocycles. The normalized spacial score (nSPS) is 6.60. The standard InChI is InChI=1S/C6H5.C2H6N.Y/c1-2-4-6-5-3-1;1-3-2;/h1-5H;1-2H3;/q2*-1;. The molecule has 1 nitrogen and oxygen atoms in total. The van der Waals surface area contributed by atoms with E-state index in [0.717, 1.165) is 0 Å². The van der Waals surface area contributed by atoms with Crippen molar-refractivity contribution in [1.29, 1.82) is 0 Å². The molecule has 0 heterocycles. The Balaban J connectivity index is 0. The van der Waals surface area contributed by atoms with Gasteiger partial charge in [0.05, 0.1) is 0 Å². The van der Waals surface area contributed by atoms with Crippen molar-refractivity contribution in [3.8, 4) is 0 Å². The van der Waals surface area contributed by atoms with E-state index in [2.05, 4.69) is 11.4 Å². The first-order valence-electron chi connectivity index (χ1n) is 2.81. The third kappa shape index (κ3) is 11.1. The van der Waals surface area contributed by atoms with E-state index in [1.807, 2.05) is 30.3 Å². The summed E-state index contributed by atoms with van der Waals surface area (Å²) < 4.78 is 0. The van der Waals surface area contributed by atoms with Crippen LogP contribution in [-0.2, 0) is 32.7 Å². The topological polar surface area (TPSA) is 14.1 Å². The van der Waals surface area contributed by atoms with Crippen LogP contribution in [0.25, 0.3) is 5.32 Å². The van der Waals surface area contributed by atoms with Crippen molar-refractivity contribution in [2.24, 2.45) is 0 Å². The van der Waals surface area contributed by atoms with Gasteiger partial charge in [-0.3, -0.25) is 0 Å². The molecule has 0 saturated carbocycles. The molecule has 0 spiro atoms. The zero-order chi connectivity index (χ0) is 6.95. The molecular weight excluding hydrogens is 199 g/mol. The average molecular weight is 210 g/mol. The van der Waals surface area contributed by atoms with Crippen LogP contribution in [0.2, 0.25) is 0 Å². The van der Waals surface area contributed by atoms with Gasteiger partial charge in [-0.15, -0.1) is 0 Å². The summed E-state index contributed by atoms with van der Waals surface area (Å²) in [4.78, 5) is 0. The van der Waals surface area contributed by atoms with Crippen molar-refractivity contribution in [3.05, 3.63) is 41.7 Å². The van der Waals surface area contributed by atoms with Gasteiger partial charge in [0.25, 0.3) is 0 Å². The predicted molar refractivity (Wildman–Crippen MR) is 40.5 cm³/mol. The van der Waals surface area contributed by atoms with Gasteiger partial charge in [-0.25, -0.2) is 0 Å². The van der Waals surface area contributed by atoms with Crippen molar-refractivity contribution in [3.63, 3.8) is 0 Å². The van der Waals surface area contributed by atoms with Gasteiger partial charge in [-0.2, -0.15) is 50.5 Å². The summed E-state index contributed by atoms with van der Waals surface area (Å²) in [5.41, 5.74) is 0. The van der Waals surface area contributed by atoms with Crippen molar-refractivity contribution in [2.75, 3.05) is 14.1 Å². The number of benzene rings is 1. The minimum absolute atomic E-state index is 0. The summed E-state index contributed by atoms with van der Waals surface area (Å²) in [7, 11) is 3.50. The Hall–Kier alpha value is 0.284. The number of rotatable bonds is 0. The van der Waals surface area contributed by atoms with Crippen LogP contribution in [0, 0.1) is 6.07 Å². The van der Waals surface area contributed by atoms with Crippen LogP contribution < -0.4 is 0 Å². The Bertz CT molecular complexity index is 92.1. The molecule has 0 aliphatic rings. The van der Waals surface area contributed by atoms with E-state index >= 15 is 0 Å². The van der Waals surface area contributed by atoms with E-state index in [0.29, 0.717) is 0 Å². The van der Waals surface area contributed by atoms with Crippen LogP contribution in [0.5, 0.6) is 0 Å². The minimum atomic E-state index is 0. The Morgan fingerprint density at radius 2 is 1.40 bits per heavy atom. The molecule has 1 aromatic rings. The van der Waals surface area contributed by atoms with Crippen LogP contribution >= 0.6 is 0 Å². The predicted octanol–water partition coefficient (Wildman–Crippen LogP) is 2.10. The van der Waals surface area contributed by atoms with Gasteiger partial charge in [-0.05, 0) is 0 Å². The molecule has 2 heteroatoms. The zero-order valence-electron chi connectivity index (χ0n) is 6.41. The smallest absolute Gasteiger partial charge is 0 e. The van der Waals surface area contributed by atoms with E-state index in [-0.39, 0.29) is 32.7 Å². The second-order valence-electron chi connectivity index (χ2n) is 1.52. The summed E-state index contributed by atoms with van der Waals surface area (Å²) in [6.07, 6.45) is 0. The largest absolute Gasteiger partial charge is 0.668 e. The molecule has 10 heavy (non-hydrogen) atoms.